The molecule has 0 bridgehead atoms. The van der Waals surface area contributed by atoms with Gasteiger partial charge in [0.15, 0.2) is 5.60 Å². The Morgan fingerprint density at radius 2 is 1.79 bits per heavy atom. The van der Waals surface area contributed by atoms with Gasteiger partial charge in [-0.15, -0.1) is 0 Å². The first-order valence-corrected chi connectivity index (χ1v) is 9.04. The monoisotopic (exact) mass is 410 g/mol. The largest absolute Gasteiger partial charge is 0.508 e. The van der Waals surface area contributed by atoms with Gasteiger partial charge in [0.25, 0.3) is 0 Å². The molecule has 0 saturated carbocycles. The van der Waals surface area contributed by atoms with Gasteiger partial charge < -0.3 is 15.2 Å². The van der Waals surface area contributed by atoms with Crippen LogP contribution in [0, 0.1) is 12.7 Å². The number of halogens is 4. The number of phenolic OH excluding ortho intramolecular Hbond substituents is 1. The molecule has 8 heteroatoms. The second-order valence-electron chi connectivity index (χ2n) is 8.08. The van der Waals surface area contributed by atoms with E-state index in [1.54, 1.807) is 25.3 Å². The Labute approximate surface area is 165 Å². The van der Waals surface area contributed by atoms with Gasteiger partial charge in [-0.25, -0.2) is 4.39 Å². The number of fused-ring (bicyclic) bond motifs is 1. The van der Waals surface area contributed by atoms with Gasteiger partial charge in [-0.3, -0.25) is 4.98 Å². The predicted molar refractivity (Wildman–Crippen MR) is 101 cm³/mol. The molecule has 1 unspecified atom stereocenters. The molecule has 0 aliphatic heterocycles. The number of aromatic amines is 1. The quantitative estimate of drug-likeness (QED) is 0.523. The van der Waals surface area contributed by atoms with E-state index >= 15 is 0 Å². The Bertz CT molecular complexity index is 1040. The van der Waals surface area contributed by atoms with Gasteiger partial charge in [-0.2, -0.15) is 13.2 Å². The SMILES string of the molecule is Cc1nccc2[nH]c(CC(O)(CC(C)(C)c3ccc(F)cc3O)C(F)(F)F)cc12. The first-order chi connectivity index (χ1) is 13.3. The molecule has 3 aromatic rings. The van der Waals surface area contributed by atoms with Crippen LogP contribution in [0.4, 0.5) is 17.6 Å². The molecule has 3 N–H and O–H groups in total. The summed E-state index contributed by atoms with van der Waals surface area (Å²) in [5.74, 6) is -1.15. The fourth-order valence-electron chi connectivity index (χ4n) is 3.83. The lowest BCUT2D eigenvalue weighted by molar-refractivity contribution is -0.266. The van der Waals surface area contributed by atoms with Crippen molar-refractivity contribution in [2.75, 3.05) is 0 Å². The normalized spacial score (nSPS) is 14.9. The number of nitrogens with zero attached hydrogens (tertiary/aromatic N) is 1. The number of phenols is 1. The van der Waals surface area contributed by atoms with E-state index in [0.29, 0.717) is 16.6 Å². The van der Waals surface area contributed by atoms with Crippen molar-refractivity contribution in [2.24, 2.45) is 0 Å². The van der Waals surface area contributed by atoms with Gasteiger partial charge >= 0.3 is 6.18 Å². The molecule has 2 aromatic heterocycles. The lowest BCUT2D eigenvalue weighted by atomic mass is 9.73. The molecule has 0 radical (unpaired) electrons. The summed E-state index contributed by atoms with van der Waals surface area (Å²) in [7, 11) is 0. The number of aromatic nitrogens is 2. The van der Waals surface area contributed by atoms with E-state index < -0.39 is 41.6 Å². The molecule has 0 fully saturated rings. The first kappa shape index (κ1) is 21.1. The van der Waals surface area contributed by atoms with Crippen LogP contribution in [0.15, 0.2) is 36.5 Å². The van der Waals surface area contributed by atoms with E-state index in [9.17, 15) is 27.8 Å². The van der Waals surface area contributed by atoms with Gasteiger partial charge in [-0.05, 0) is 42.5 Å². The molecule has 3 rings (SSSR count). The van der Waals surface area contributed by atoms with Crippen LogP contribution in [0.1, 0.15) is 37.2 Å². The third kappa shape index (κ3) is 4.07. The van der Waals surface area contributed by atoms with Crippen LogP contribution >= 0.6 is 0 Å². The molecule has 29 heavy (non-hydrogen) atoms. The third-order valence-electron chi connectivity index (χ3n) is 5.24. The summed E-state index contributed by atoms with van der Waals surface area (Å²) in [5.41, 5.74) is -2.72. The van der Waals surface area contributed by atoms with Crippen molar-refractivity contribution < 1.29 is 27.8 Å². The molecule has 0 saturated heterocycles. The summed E-state index contributed by atoms with van der Waals surface area (Å²) in [4.78, 5) is 7.03. The van der Waals surface area contributed by atoms with Gasteiger partial charge in [0.2, 0.25) is 0 Å². The maximum absolute atomic E-state index is 13.9. The molecule has 0 amide bonds. The van der Waals surface area contributed by atoms with Crippen LogP contribution in [0.5, 0.6) is 5.75 Å². The summed E-state index contributed by atoms with van der Waals surface area (Å²) < 4.78 is 55.1. The maximum atomic E-state index is 13.9. The van der Waals surface area contributed by atoms with E-state index in [1.807, 2.05) is 0 Å². The summed E-state index contributed by atoms with van der Waals surface area (Å²) in [5, 5.41) is 21.4. The number of alkyl halides is 3. The molecule has 4 nitrogen and oxygen atoms in total. The van der Waals surface area contributed by atoms with E-state index in [2.05, 4.69) is 9.97 Å². The van der Waals surface area contributed by atoms with Crippen LogP contribution in [0.25, 0.3) is 10.9 Å². The fraction of sp³-hybridized carbons (Fsp3) is 0.381. The zero-order valence-corrected chi connectivity index (χ0v) is 16.2. The smallest absolute Gasteiger partial charge is 0.417 e. The average molecular weight is 410 g/mol. The highest BCUT2D eigenvalue weighted by Gasteiger charge is 2.56. The second-order valence-corrected chi connectivity index (χ2v) is 8.08. The lowest BCUT2D eigenvalue weighted by Gasteiger charge is -2.38. The number of pyridine rings is 1. The highest BCUT2D eigenvalue weighted by Crippen LogP contribution is 2.45. The van der Waals surface area contributed by atoms with E-state index in [-0.39, 0.29) is 11.3 Å². The summed E-state index contributed by atoms with van der Waals surface area (Å²) in [6.45, 7) is 4.68. The minimum atomic E-state index is -4.93. The lowest BCUT2D eigenvalue weighted by Crippen LogP contribution is -2.50. The molecular weight excluding hydrogens is 388 g/mol. The average Bonchev–Trinajstić information content (AvgIpc) is 2.96. The molecule has 1 atom stereocenters. The van der Waals surface area contributed by atoms with E-state index in [4.69, 9.17) is 0 Å². The Kier molecular flexibility index (Phi) is 5.11. The first-order valence-electron chi connectivity index (χ1n) is 9.04. The van der Waals surface area contributed by atoms with Crippen molar-refractivity contribution in [3.63, 3.8) is 0 Å². The van der Waals surface area contributed by atoms with Gasteiger partial charge in [0, 0.05) is 41.0 Å². The van der Waals surface area contributed by atoms with Crippen LogP contribution in [0.2, 0.25) is 0 Å². The zero-order valence-electron chi connectivity index (χ0n) is 16.2. The highest BCUT2D eigenvalue weighted by molar-refractivity contribution is 5.82. The van der Waals surface area contributed by atoms with Crippen molar-refractivity contribution in [3.8, 4) is 5.75 Å². The predicted octanol–water partition coefficient (Wildman–Crippen LogP) is 4.92. The van der Waals surface area contributed by atoms with Crippen molar-refractivity contribution in [2.45, 2.75) is 50.8 Å². The topological polar surface area (TPSA) is 69.1 Å². The fourth-order valence-corrected chi connectivity index (χ4v) is 3.83. The molecular formula is C21H22F4N2O2. The van der Waals surface area contributed by atoms with Gasteiger partial charge in [0.1, 0.15) is 11.6 Å². The molecule has 0 spiro atoms. The zero-order chi connectivity index (χ0) is 21.6. The van der Waals surface area contributed by atoms with Crippen molar-refractivity contribution in [1.82, 2.24) is 9.97 Å². The number of aliphatic hydroxyl groups is 1. The van der Waals surface area contributed by atoms with E-state index in [0.717, 1.165) is 12.1 Å². The molecule has 0 aliphatic rings. The Morgan fingerprint density at radius 1 is 1.10 bits per heavy atom. The molecule has 0 aliphatic carbocycles. The Hall–Kier alpha value is -2.61. The summed E-state index contributed by atoms with van der Waals surface area (Å²) in [6, 6.07) is 6.35. The molecule has 156 valence electrons. The summed E-state index contributed by atoms with van der Waals surface area (Å²) in [6.07, 6.45) is -4.80. The van der Waals surface area contributed by atoms with Crippen LogP contribution in [0.3, 0.4) is 0 Å². The Balaban J connectivity index is 1.98. The number of hydrogen-bond donors (Lipinski definition) is 3. The molecule has 1 aromatic carbocycles. The number of rotatable bonds is 5. The van der Waals surface area contributed by atoms with Crippen LogP contribution < -0.4 is 0 Å². The number of nitrogens with one attached hydrogen (secondary N) is 1. The highest BCUT2D eigenvalue weighted by atomic mass is 19.4. The van der Waals surface area contributed by atoms with Crippen LogP contribution in [-0.2, 0) is 11.8 Å². The minimum absolute atomic E-state index is 0.123. The van der Waals surface area contributed by atoms with Crippen molar-refractivity contribution >= 4 is 10.9 Å². The molecule has 2 heterocycles. The number of aryl methyl sites for hydroxylation is 1. The second kappa shape index (κ2) is 7.02. The van der Waals surface area contributed by atoms with Crippen molar-refractivity contribution in [3.05, 3.63) is 59.3 Å². The standard InChI is InChI=1S/C21H22F4N2O2/c1-12-15-9-14(27-17(15)6-7-26-12)10-20(29,21(23,24)25)11-19(2,3)16-5-4-13(22)8-18(16)28/h4-9,27-29H,10-11H2,1-3H3. The summed E-state index contributed by atoms with van der Waals surface area (Å²) >= 11 is 0. The third-order valence-corrected chi connectivity index (χ3v) is 5.24. The van der Waals surface area contributed by atoms with Crippen LogP contribution in [-0.4, -0.2) is 32.0 Å². The maximum Gasteiger partial charge on any atom is 0.417 e. The number of benzene rings is 1. The van der Waals surface area contributed by atoms with Crippen molar-refractivity contribution in [1.29, 1.82) is 0 Å². The number of hydrogen-bond acceptors (Lipinski definition) is 3. The Morgan fingerprint density at radius 3 is 2.38 bits per heavy atom. The van der Waals surface area contributed by atoms with Gasteiger partial charge in [0.05, 0.1) is 0 Å². The minimum Gasteiger partial charge on any atom is -0.508 e. The number of aromatic hydroxyl groups is 1. The van der Waals surface area contributed by atoms with Gasteiger partial charge in [-0.1, -0.05) is 19.9 Å². The number of H-pyrrole nitrogens is 1. The van der Waals surface area contributed by atoms with E-state index in [1.165, 1.54) is 19.9 Å².